The van der Waals surface area contributed by atoms with Gasteiger partial charge in [-0.1, -0.05) is 46.0 Å². The van der Waals surface area contributed by atoms with Crippen molar-refractivity contribution in [2.45, 2.75) is 64.5 Å². The molecule has 0 saturated carbocycles. The second-order valence-electron chi connectivity index (χ2n) is 3.53. The van der Waals surface area contributed by atoms with Gasteiger partial charge in [0.2, 0.25) is 0 Å². The fraction of sp³-hybridized carbons (Fsp3) is 1.00. The minimum atomic E-state index is -0.525. The molecule has 0 rings (SSSR count). The van der Waals surface area contributed by atoms with Crippen molar-refractivity contribution in [3.8, 4) is 0 Å². The molecule has 2 heteroatoms. The van der Waals surface area contributed by atoms with Gasteiger partial charge in [0.1, 0.15) is 0 Å². The molecule has 0 aliphatic rings. The molecule has 0 heterocycles. The van der Waals surface area contributed by atoms with E-state index in [1.165, 1.54) is 44.9 Å². The van der Waals surface area contributed by atoms with Gasteiger partial charge >= 0.3 is 0 Å². The fourth-order valence-electron chi connectivity index (χ4n) is 1.48. The van der Waals surface area contributed by atoms with Crippen LogP contribution in [0.3, 0.4) is 0 Å². The summed E-state index contributed by atoms with van der Waals surface area (Å²) in [5.41, 5.74) is 0.548. The molecule has 1 nitrogen and oxygen atoms in total. The van der Waals surface area contributed by atoms with Crippen LogP contribution in [0.4, 0.5) is 0 Å². The normalized spacial score (nSPS) is 14.2. The summed E-state index contributed by atoms with van der Waals surface area (Å²) in [5.74, 6) is 0. The highest BCUT2D eigenvalue weighted by Gasteiger charge is 2.03. The summed E-state index contributed by atoms with van der Waals surface area (Å²) in [7, 11) is -0.525. The van der Waals surface area contributed by atoms with Gasteiger partial charge in [0.25, 0.3) is 0 Å². The minimum absolute atomic E-state index is 0.525. The van der Waals surface area contributed by atoms with Crippen LogP contribution in [0.15, 0.2) is 0 Å². The van der Waals surface area contributed by atoms with Crippen LogP contribution in [0.2, 0.25) is 0 Å². The average Bonchev–Trinajstić information content (AvgIpc) is 2.10. The predicted octanol–water partition coefficient (Wildman–Crippen LogP) is 3.88. The van der Waals surface area contributed by atoms with Crippen LogP contribution in [-0.4, -0.2) is 5.66 Å². The molecule has 74 valence electrons. The molecule has 0 aromatic heterocycles. The summed E-state index contributed by atoms with van der Waals surface area (Å²) in [5, 5.41) is 0. The Morgan fingerprint density at radius 3 is 2.25 bits per heavy atom. The third-order valence-electron chi connectivity index (χ3n) is 2.28. The number of rotatable bonds is 8. The summed E-state index contributed by atoms with van der Waals surface area (Å²) in [6, 6.07) is 0. The second-order valence-corrected chi connectivity index (χ2v) is 4.75. The lowest BCUT2D eigenvalue weighted by Crippen LogP contribution is -1.97. The summed E-state index contributed by atoms with van der Waals surface area (Å²) in [6.07, 6.45) is 8.81. The Morgan fingerprint density at radius 1 is 1.00 bits per heavy atom. The summed E-state index contributed by atoms with van der Waals surface area (Å²) < 4.78 is 10.8. The first-order valence-electron chi connectivity index (χ1n) is 5.30. The third kappa shape index (κ3) is 6.91. The molecule has 0 N–H and O–H groups in total. The van der Waals surface area contributed by atoms with E-state index in [4.69, 9.17) is 0 Å². The maximum absolute atomic E-state index is 10.8. The lowest BCUT2D eigenvalue weighted by molar-refractivity contribution is 0.556. The zero-order valence-corrected chi connectivity index (χ0v) is 9.67. The van der Waals surface area contributed by atoms with E-state index < -0.39 is 8.46 Å². The first kappa shape index (κ1) is 12.2. The SMILES string of the molecule is CCCCCCC(CCC)[PH2]=O. The maximum atomic E-state index is 10.8. The number of unbranched alkanes of at least 4 members (excludes halogenated alkanes) is 3. The van der Waals surface area contributed by atoms with Crippen LogP contribution < -0.4 is 0 Å². The monoisotopic (exact) mass is 190 g/mol. The minimum Gasteiger partial charge on any atom is -0.330 e. The van der Waals surface area contributed by atoms with Crippen molar-refractivity contribution in [2.75, 3.05) is 0 Å². The standard InChI is InChI=1S/C10H23OP/c1-3-5-6-7-9-10(12-11)8-4-2/h10H,3-9,12H2,1-2H3. The molecule has 0 aliphatic heterocycles. The van der Waals surface area contributed by atoms with Gasteiger partial charge in [-0.25, -0.2) is 0 Å². The highest BCUT2D eigenvalue weighted by atomic mass is 31.1. The number of hydrogen-bond acceptors (Lipinski definition) is 1. The molecule has 0 saturated heterocycles. The lowest BCUT2D eigenvalue weighted by atomic mass is 10.1. The largest absolute Gasteiger partial charge is 0.330 e. The predicted molar refractivity (Wildman–Crippen MR) is 57.9 cm³/mol. The molecule has 0 amide bonds. The zero-order valence-electron chi connectivity index (χ0n) is 8.51. The van der Waals surface area contributed by atoms with Crippen LogP contribution in [0.1, 0.15) is 58.8 Å². The van der Waals surface area contributed by atoms with E-state index in [0.29, 0.717) is 5.66 Å². The van der Waals surface area contributed by atoms with Gasteiger partial charge < -0.3 is 4.57 Å². The van der Waals surface area contributed by atoms with Gasteiger partial charge in [-0.3, -0.25) is 0 Å². The van der Waals surface area contributed by atoms with Gasteiger partial charge in [0.05, 0.1) is 8.46 Å². The van der Waals surface area contributed by atoms with Crippen molar-refractivity contribution in [3.05, 3.63) is 0 Å². The van der Waals surface area contributed by atoms with Crippen molar-refractivity contribution in [3.63, 3.8) is 0 Å². The Hall–Kier alpha value is 0.230. The molecule has 0 radical (unpaired) electrons. The van der Waals surface area contributed by atoms with Gasteiger partial charge in [0.15, 0.2) is 0 Å². The summed E-state index contributed by atoms with van der Waals surface area (Å²) in [6.45, 7) is 4.40. The Kier molecular flexibility index (Phi) is 9.50. The van der Waals surface area contributed by atoms with E-state index in [9.17, 15) is 4.57 Å². The fourth-order valence-corrected chi connectivity index (χ4v) is 2.33. The Bertz CT molecular complexity index is 104. The van der Waals surface area contributed by atoms with Crippen LogP contribution in [0.5, 0.6) is 0 Å². The molecule has 12 heavy (non-hydrogen) atoms. The molecule has 0 aromatic carbocycles. The van der Waals surface area contributed by atoms with Crippen LogP contribution >= 0.6 is 8.46 Å². The van der Waals surface area contributed by atoms with Gasteiger partial charge in [0, 0.05) is 5.66 Å². The van der Waals surface area contributed by atoms with Crippen LogP contribution in [-0.2, 0) is 4.57 Å². The van der Waals surface area contributed by atoms with Gasteiger partial charge in [-0.15, -0.1) is 0 Å². The molecular formula is C10H23OP. The zero-order chi connectivity index (χ0) is 9.23. The van der Waals surface area contributed by atoms with Crippen LogP contribution in [0, 0.1) is 0 Å². The highest BCUT2D eigenvalue weighted by Crippen LogP contribution is 2.20. The van der Waals surface area contributed by atoms with Crippen LogP contribution in [0.25, 0.3) is 0 Å². The van der Waals surface area contributed by atoms with Crippen molar-refractivity contribution in [2.24, 2.45) is 0 Å². The van der Waals surface area contributed by atoms with Crippen molar-refractivity contribution >= 4 is 8.46 Å². The van der Waals surface area contributed by atoms with Crippen molar-refractivity contribution in [1.29, 1.82) is 0 Å². The van der Waals surface area contributed by atoms with E-state index in [1.54, 1.807) is 0 Å². The van der Waals surface area contributed by atoms with E-state index in [1.807, 2.05) is 0 Å². The topological polar surface area (TPSA) is 17.1 Å². The quantitative estimate of drug-likeness (QED) is 0.419. The second kappa shape index (κ2) is 9.32. The summed E-state index contributed by atoms with van der Waals surface area (Å²) in [4.78, 5) is 0. The molecular weight excluding hydrogens is 167 g/mol. The Balaban J connectivity index is 3.25. The molecule has 0 aromatic rings. The average molecular weight is 190 g/mol. The maximum Gasteiger partial charge on any atom is 0.0674 e. The van der Waals surface area contributed by atoms with Crippen molar-refractivity contribution < 1.29 is 4.57 Å². The van der Waals surface area contributed by atoms with E-state index >= 15 is 0 Å². The van der Waals surface area contributed by atoms with Gasteiger partial charge in [-0.2, -0.15) is 0 Å². The smallest absolute Gasteiger partial charge is 0.0674 e. The van der Waals surface area contributed by atoms with E-state index in [0.717, 1.165) is 0 Å². The Labute approximate surface area is 78.1 Å². The van der Waals surface area contributed by atoms with Crippen molar-refractivity contribution in [1.82, 2.24) is 0 Å². The molecule has 0 bridgehead atoms. The Morgan fingerprint density at radius 2 is 1.75 bits per heavy atom. The highest BCUT2D eigenvalue weighted by molar-refractivity contribution is 7.24. The lowest BCUT2D eigenvalue weighted by Gasteiger charge is -2.07. The molecule has 2 unspecified atom stereocenters. The van der Waals surface area contributed by atoms with E-state index in [-0.39, 0.29) is 0 Å². The molecule has 2 atom stereocenters. The first-order valence-corrected chi connectivity index (χ1v) is 6.44. The van der Waals surface area contributed by atoms with Gasteiger partial charge in [-0.05, 0) is 12.8 Å². The first-order chi connectivity index (χ1) is 5.85. The third-order valence-corrected chi connectivity index (χ3v) is 3.33. The number of hydrogen-bond donors (Lipinski definition) is 0. The molecule has 0 spiro atoms. The summed E-state index contributed by atoms with van der Waals surface area (Å²) >= 11 is 0. The molecule has 0 fully saturated rings. The van der Waals surface area contributed by atoms with E-state index in [2.05, 4.69) is 13.8 Å². The molecule has 0 aliphatic carbocycles.